The third kappa shape index (κ3) is 3.83. The molecule has 7 heteroatoms. The van der Waals surface area contributed by atoms with E-state index in [2.05, 4.69) is 6.92 Å². The highest BCUT2D eigenvalue weighted by Gasteiger charge is 2.44. The molecule has 2 amide bonds. The van der Waals surface area contributed by atoms with Gasteiger partial charge in [-0.15, -0.1) is 11.3 Å². The van der Waals surface area contributed by atoms with Gasteiger partial charge in [0.15, 0.2) is 11.5 Å². The van der Waals surface area contributed by atoms with Crippen LogP contribution in [-0.4, -0.2) is 56.5 Å². The Bertz CT molecular complexity index is 881. The number of amides is 2. The number of thiophene rings is 1. The lowest BCUT2D eigenvalue weighted by molar-refractivity contribution is -0.133. The fourth-order valence-corrected chi connectivity index (χ4v) is 4.78. The first-order valence-electron chi connectivity index (χ1n) is 9.76. The zero-order chi connectivity index (χ0) is 21.1. The molecule has 0 fully saturated rings. The number of hydrogen-bond acceptors (Lipinski definition) is 5. The Balaban J connectivity index is 2.17. The Morgan fingerprint density at radius 3 is 2.52 bits per heavy atom. The number of methoxy groups -OCH3 is 2. The van der Waals surface area contributed by atoms with Crippen molar-refractivity contribution in [1.29, 1.82) is 0 Å². The minimum atomic E-state index is -0.506. The summed E-state index contributed by atoms with van der Waals surface area (Å²) in [6.45, 7) is 2.79. The molecule has 0 saturated carbocycles. The lowest BCUT2D eigenvalue weighted by Gasteiger charge is -2.40. The molecule has 2 atom stereocenters. The predicted octanol–water partition coefficient (Wildman–Crippen LogP) is 3.93. The van der Waals surface area contributed by atoms with E-state index in [1.807, 2.05) is 24.6 Å². The summed E-state index contributed by atoms with van der Waals surface area (Å²) in [5.74, 6) is 0.368. The molecular weight excluding hydrogens is 388 g/mol. The van der Waals surface area contributed by atoms with Gasteiger partial charge in [0, 0.05) is 31.1 Å². The van der Waals surface area contributed by atoms with Crippen molar-refractivity contribution in [3.05, 3.63) is 45.6 Å². The third-order valence-electron chi connectivity index (χ3n) is 5.50. The van der Waals surface area contributed by atoms with Crippen LogP contribution in [0.5, 0.6) is 11.5 Å². The number of likely N-dealkylation sites (N-methyl/N-ethyl adjacent to an activating group) is 2. The van der Waals surface area contributed by atoms with Crippen LogP contribution in [0.25, 0.3) is 0 Å². The van der Waals surface area contributed by atoms with E-state index in [0.29, 0.717) is 29.2 Å². The molecular formula is C22H28N2O4S. The number of fused-ring (bicyclic) bond motifs is 1. The fourth-order valence-electron chi connectivity index (χ4n) is 3.87. The van der Waals surface area contributed by atoms with Crippen molar-refractivity contribution in [3.63, 3.8) is 0 Å². The van der Waals surface area contributed by atoms with Gasteiger partial charge in [0.2, 0.25) is 5.91 Å². The monoisotopic (exact) mass is 416 g/mol. The molecule has 156 valence electrons. The van der Waals surface area contributed by atoms with Crippen LogP contribution in [0.4, 0.5) is 0 Å². The highest BCUT2D eigenvalue weighted by molar-refractivity contribution is 7.10. The van der Waals surface area contributed by atoms with E-state index >= 15 is 0 Å². The second-order valence-electron chi connectivity index (χ2n) is 7.26. The SMILES string of the molecule is CCCCN(C)C(=O)[C@@H]1c2cc(OC)c(OC)cc2C(=O)N(C)[C@@H]1c1cccs1. The molecule has 6 nitrogen and oxygen atoms in total. The first-order chi connectivity index (χ1) is 13.9. The quantitative estimate of drug-likeness (QED) is 0.686. The molecule has 29 heavy (non-hydrogen) atoms. The molecule has 0 spiro atoms. The Hall–Kier alpha value is -2.54. The molecule has 0 radical (unpaired) electrons. The standard InChI is InChI=1S/C22H28N2O4S/c1-6-7-10-23(2)22(26)19-14-12-16(27-4)17(28-5)13-15(14)21(25)24(3)20(19)18-9-8-11-29-18/h8-9,11-13,19-20H,6-7,10H2,1-5H3/t19-,20-/m1/s1. The van der Waals surface area contributed by atoms with Crippen LogP contribution in [0.15, 0.2) is 29.6 Å². The third-order valence-corrected chi connectivity index (χ3v) is 6.44. The average Bonchev–Trinajstić information content (AvgIpc) is 3.27. The molecule has 1 aliphatic rings. The van der Waals surface area contributed by atoms with Gasteiger partial charge in [0.25, 0.3) is 5.91 Å². The number of carbonyl (C=O) groups excluding carboxylic acids is 2. The van der Waals surface area contributed by atoms with Crippen LogP contribution in [0.2, 0.25) is 0 Å². The molecule has 1 aliphatic heterocycles. The highest BCUT2D eigenvalue weighted by atomic mass is 32.1. The van der Waals surface area contributed by atoms with Crippen molar-refractivity contribution in [2.24, 2.45) is 0 Å². The number of ether oxygens (including phenoxy) is 2. The Kier molecular flexibility index (Phi) is 6.47. The summed E-state index contributed by atoms with van der Waals surface area (Å²) in [5, 5.41) is 1.97. The van der Waals surface area contributed by atoms with E-state index in [4.69, 9.17) is 9.47 Å². The zero-order valence-electron chi connectivity index (χ0n) is 17.6. The van der Waals surface area contributed by atoms with Crippen LogP contribution < -0.4 is 9.47 Å². The first-order valence-corrected chi connectivity index (χ1v) is 10.6. The largest absolute Gasteiger partial charge is 0.493 e. The summed E-state index contributed by atoms with van der Waals surface area (Å²) in [6, 6.07) is 7.05. The van der Waals surface area contributed by atoms with Crippen molar-refractivity contribution in [2.75, 3.05) is 34.9 Å². The van der Waals surface area contributed by atoms with E-state index in [0.717, 1.165) is 17.7 Å². The molecule has 2 aromatic rings. The van der Waals surface area contributed by atoms with Crippen LogP contribution in [0.3, 0.4) is 0 Å². The van der Waals surface area contributed by atoms with Crippen LogP contribution in [0.1, 0.15) is 52.5 Å². The molecule has 0 saturated heterocycles. The molecule has 0 unspecified atom stereocenters. The average molecular weight is 417 g/mol. The van der Waals surface area contributed by atoms with E-state index in [1.54, 1.807) is 47.4 Å². The Morgan fingerprint density at radius 2 is 1.93 bits per heavy atom. The first kappa shape index (κ1) is 21.2. The van der Waals surface area contributed by atoms with Crippen molar-refractivity contribution in [2.45, 2.75) is 31.7 Å². The summed E-state index contributed by atoms with van der Waals surface area (Å²) in [5.41, 5.74) is 1.18. The summed E-state index contributed by atoms with van der Waals surface area (Å²) in [6.07, 6.45) is 1.95. The van der Waals surface area contributed by atoms with Crippen LogP contribution >= 0.6 is 11.3 Å². The van der Waals surface area contributed by atoms with Gasteiger partial charge in [-0.3, -0.25) is 9.59 Å². The maximum Gasteiger partial charge on any atom is 0.254 e. The maximum absolute atomic E-state index is 13.6. The Labute approximate surface area is 176 Å². The topological polar surface area (TPSA) is 59.1 Å². The van der Waals surface area contributed by atoms with Crippen LogP contribution in [-0.2, 0) is 4.79 Å². The highest BCUT2D eigenvalue weighted by Crippen LogP contribution is 2.47. The summed E-state index contributed by atoms with van der Waals surface area (Å²) >= 11 is 1.56. The smallest absolute Gasteiger partial charge is 0.254 e. The van der Waals surface area contributed by atoms with E-state index < -0.39 is 5.92 Å². The minimum Gasteiger partial charge on any atom is -0.493 e. The number of hydrogen-bond donors (Lipinski definition) is 0. The molecule has 2 heterocycles. The summed E-state index contributed by atoms with van der Waals surface area (Å²) in [4.78, 5) is 31.3. The molecule has 3 rings (SSSR count). The normalized spacial score (nSPS) is 18.4. The van der Waals surface area contributed by atoms with Crippen molar-refractivity contribution >= 4 is 23.2 Å². The van der Waals surface area contributed by atoms with Gasteiger partial charge in [-0.25, -0.2) is 0 Å². The van der Waals surface area contributed by atoms with Gasteiger partial charge >= 0.3 is 0 Å². The molecule has 1 aromatic carbocycles. The van der Waals surface area contributed by atoms with E-state index in [9.17, 15) is 9.59 Å². The number of nitrogens with zero attached hydrogens (tertiary/aromatic N) is 2. The summed E-state index contributed by atoms with van der Waals surface area (Å²) in [7, 11) is 6.69. The second-order valence-corrected chi connectivity index (χ2v) is 8.24. The van der Waals surface area contributed by atoms with Gasteiger partial charge in [0.1, 0.15) is 0 Å². The van der Waals surface area contributed by atoms with Gasteiger partial charge in [-0.2, -0.15) is 0 Å². The number of carbonyl (C=O) groups is 2. The van der Waals surface area contributed by atoms with Crippen molar-refractivity contribution in [1.82, 2.24) is 9.80 Å². The lowest BCUT2D eigenvalue weighted by Crippen LogP contribution is -2.46. The second kappa shape index (κ2) is 8.86. The van der Waals surface area contributed by atoms with Gasteiger partial charge in [0.05, 0.1) is 26.2 Å². The lowest BCUT2D eigenvalue weighted by atomic mass is 9.81. The predicted molar refractivity (Wildman–Crippen MR) is 114 cm³/mol. The van der Waals surface area contributed by atoms with Gasteiger partial charge in [-0.05, 0) is 35.6 Å². The zero-order valence-corrected chi connectivity index (χ0v) is 18.4. The van der Waals surface area contributed by atoms with Gasteiger partial charge < -0.3 is 19.3 Å². The molecule has 0 bridgehead atoms. The molecule has 1 aromatic heterocycles. The van der Waals surface area contributed by atoms with Crippen molar-refractivity contribution in [3.8, 4) is 11.5 Å². The number of benzene rings is 1. The fraction of sp³-hybridized carbons (Fsp3) is 0.455. The minimum absolute atomic E-state index is 0.00432. The number of unbranched alkanes of at least 4 members (excludes halogenated alkanes) is 1. The molecule has 0 N–H and O–H groups in total. The van der Waals surface area contributed by atoms with Crippen molar-refractivity contribution < 1.29 is 19.1 Å². The van der Waals surface area contributed by atoms with Gasteiger partial charge in [-0.1, -0.05) is 19.4 Å². The maximum atomic E-state index is 13.6. The molecule has 0 aliphatic carbocycles. The summed E-state index contributed by atoms with van der Waals surface area (Å²) < 4.78 is 10.9. The van der Waals surface area contributed by atoms with Crippen LogP contribution in [0, 0.1) is 0 Å². The number of rotatable bonds is 7. The van der Waals surface area contributed by atoms with E-state index in [-0.39, 0.29) is 17.9 Å². The Morgan fingerprint density at radius 1 is 1.24 bits per heavy atom. The van der Waals surface area contributed by atoms with E-state index in [1.165, 1.54) is 7.11 Å².